The van der Waals surface area contributed by atoms with Crippen molar-refractivity contribution in [1.29, 1.82) is 0 Å². The monoisotopic (exact) mass is 384 g/mol. The fraction of sp³-hybridized carbons (Fsp3) is 0.368. The maximum Gasteiger partial charge on any atom is 0.264 e. The van der Waals surface area contributed by atoms with Crippen molar-refractivity contribution >= 4 is 43.9 Å². The summed E-state index contributed by atoms with van der Waals surface area (Å²) in [5.41, 5.74) is 2.36. The lowest BCUT2D eigenvalue weighted by Gasteiger charge is -2.34. The van der Waals surface area contributed by atoms with Gasteiger partial charge in [0.15, 0.2) is 5.13 Å². The average molecular weight is 385 g/mol. The van der Waals surface area contributed by atoms with Crippen molar-refractivity contribution in [3.05, 3.63) is 45.6 Å². The smallest absolute Gasteiger partial charge is 0.264 e. The Kier molecular flexibility index (Phi) is 4.15. The molecule has 1 amide bonds. The van der Waals surface area contributed by atoms with Gasteiger partial charge in [-0.05, 0) is 30.2 Å². The normalized spacial score (nSPS) is 17.5. The first-order chi connectivity index (χ1) is 12.8. The van der Waals surface area contributed by atoms with Gasteiger partial charge in [0.25, 0.3) is 5.91 Å². The number of hydrogen-bond acceptors (Lipinski definition) is 6. The molecule has 2 aromatic heterocycles. The average Bonchev–Trinajstić information content (AvgIpc) is 3.31. The molecule has 1 N–H and O–H groups in total. The minimum Gasteiger partial charge on any atom is -0.345 e. The van der Waals surface area contributed by atoms with Crippen LogP contribution in [-0.4, -0.2) is 48.5 Å². The number of thiazole rings is 1. The van der Waals surface area contributed by atoms with Gasteiger partial charge in [-0.3, -0.25) is 4.79 Å². The first kappa shape index (κ1) is 16.2. The molecule has 1 saturated heterocycles. The number of piperazine rings is 1. The molecule has 4 heterocycles. The van der Waals surface area contributed by atoms with Gasteiger partial charge in [-0.25, -0.2) is 4.98 Å². The second-order valence-corrected chi connectivity index (χ2v) is 8.88. The first-order valence-electron chi connectivity index (χ1n) is 9.00. The molecule has 0 aliphatic carbocycles. The molecule has 0 atom stereocenters. The summed E-state index contributed by atoms with van der Waals surface area (Å²) in [6.07, 6.45) is 1.04. The van der Waals surface area contributed by atoms with Crippen LogP contribution in [0, 0.1) is 0 Å². The summed E-state index contributed by atoms with van der Waals surface area (Å²) in [6, 6.07) is 10.3. The maximum atomic E-state index is 12.9. The van der Waals surface area contributed by atoms with Crippen LogP contribution in [0.5, 0.6) is 0 Å². The molecule has 0 bridgehead atoms. The van der Waals surface area contributed by atoms with Crippen molar-refractivity contribution in [2.75, 3.05) is 37.6 Å². The fourth-order valence-electron chi connectivity index (χ4n) is 3.61. The molecule has 3 aromatic rings. The van der Waals surface area contributed by atoms with E-state index < -0.39 is 0 Å². The van der Waals surface area contributed by atoms with Crippen molar-refractivity contribution in [1.82, 2.24) is 15.2 Å². The third kappa shape index (κ3) is 2.90. The highest BCUT2D eigenvalue weighted by molar-refractivity contribution is 7.22. The number of carbonyl (C=O) groups is 1. The summed E-state index contributed by atoms with van der Waals surface area (Å²) in [4.78, 5) is 24.2. The molecule has 134 valence electrons. The molecule has 1 fully saturated rings. The Morgan fingerprint density at radius 2 is 1.96 bits per heavy atom. The molecule has 5 nitrogen and oxygen atoms in total. The van der Waals surface area contributed by atoms with E-state index in [9.17, 15) is 4.79 Å². The van der Waals surface area contributed by atoms with Gasteiger partial charge in [0.1, 0.15) is 0 Å². The van der Waals surface area contributed by atoms with E-state index in [1.165, 1.54) is 15.1 Å². The standard InChI is InChI=1S/C19H20N4OS2/c24-18(17-11-13-12-20-6-5-15(13)25-17)22-7-9-23(10-8-22)19-21-14-3-1-2-4-16(14)26-19/h1-4,11,20H,5-10,12H2. The molecule has 26 heavy (non-hydrogen) atoms. The molecule has 0 saturated carbocycles. The lowest BCUT2D eigenvalue weighted by Crippen LogP contribution is -2.48. The van der Waals surface area contributed by atoms with Crippen LogP contribution in [0.15, 0.2) is 30.3 Å². The summed E-state index contributed by atoms with van der Waals surface area (Å²) in [5.74, 6) is 0.188. The van der Waals surface area contributed by atoms with Crippen molar-refractivity contribution in [2.24, 2.45) is 0 Å². The second kappa shape index (κ2) is 6.64. The van der Waals surface area contributed by atoms with Crippen LogP contribution in [0.3, 0.4) is 0 Å². The highest BCUT2D eigenvalue weighted by atomic mass is 32.1. The van der Waals surface area contributed by atoms with Crippen LogP contribution >= 0.6 is 22.7 Å². The number of amides is 1. The van der Waals surface area contributed by atoms with E-state index in [-0.39, 0.29) is 5.91 Å². The number of para-hydroxylation sites is 1. The van der Waals surface area contributed by atoms with Crippen LogP contribution in [0.25, 0.3) is 10.2 Å². The zero-order valence-electron chi connectivity index (χ0n) is 14.4. The molecular formula is C19H20N4OS2. The summed E-state index contributed by atoms with van der Waals surface area (Å²) < 4.78 is 1.22. The SMILES string of the molecule is O=C(c1cc2c(s1)CCNC2)N1CCN(c2nc3ccccc3s2)CC1. The van der Waals surface area contributed by atoms with Crippen molar-refractivity contribution in [3.8, 4) is 0 Å². The highest BCUT2D eigenvalue weighted by Gasteiger charge is 2.26. The fourth-order valence-corrected chi connectivity index (χ4v) is 5.78. The van der Waals surface area contributed by atoms with Crippen molar-refractivity contribution in [3.63, 3.8) is 0 Å². The zero-order chi connectivity index (χ0) is 17.5. The molecule has 5 rings (SSSR count). The van der Waals surface area contributed by atoms with Crippen LogP contribution in [0.4, 0.5) is 5.13 Å². The quantitative estimate of drug-likeness (QED) is 0.738. The number of anilines is 1. The van der Waals surface area contributed by atoms with Gasteiger partial charge in [0, 0.05) is 44.1 Å². The van der Waals surface area contributed by atoms with Crippen LogP contribution < -0.4 is 10.2 Å². The summed E-state index contributed by atoms with van der Waals surface area (Å²) >= 11 is 3.42. The third-order valence-corrected chi connectivity index (χ3v) is 7.39. The molecule has 1 aromatic carbocycles. The largest absolute Gasteiger partial charge is 0.345 e. The minimum atomic E-state index is 0.188. The molecular weight excluding hydrogens is 364 g/mol. The van der Waals surface area contributed by atoms with Gasteiger partial charge >= 0.3 is 0 Å². The number of hydrogen-bond donors (Lipinski definition) is 1. The van der Waals surface area contributed by atoms with Crippen LogP contribution in [0.1, 0.15) is 20.1 Å². The molecule has 0 radical (unpaired) electrons. The van der Waals surface area contributed by atoms with Gasteiger partial charge < -0.3 is 15.1 Å². The van der Waals surface area contributed by atoms with E-state index in [0.29, 0.717) is 0 Å². The van der Waals surface area contributed by atoms with Crippen LogP contribution in [0.2, 0.25) is 0 Å². The van der Waals surface area contributed by atoms with E-state index in [4.69, 9.17) is 4.98 Å². The number of nitrogens with one attached hydrogen (secondary N) is 1. The summed E-state index contributed by atoms with van der Waals surface area (Å²) in [5, 5.41) is 4.44. The van der Waals surface area contributed by atoms with Crippen LogP contribution in [-0.2, 0) is 13.0 Å². The molecule has 7 heteroatoms. The van der Waals surface area contributed by atoms with E-state index in [2.05, 4.69) is 34.5 Å². The van der Waals surface area contributed by atoms with Crippen molar-refractivity contribution in [2.45, 2.75) is 13.0 Å². The molecule has 2 aliphatic rings. The van der Waals surface area contributed by atoms with Gasteiger partial charge in [-0.2, -0.15) is 0 Å². The Labute approximate surface area is 160 Å². The van der Waals surface area contributed by atoms with E-state index >= 15 is 0 Å². The zero-order valence-corrected chi connectivity index (χ0v) is 16.0. The predicted molar refractivity (Wildman–Crippen MR) is 107 cm³/mol. The lowest BCUT2D eigenvalue weighted by molar-refractivity contribution is 0.0751. The number of nitrogens with zero attached hydrogens (tertiary/aromatic N) is 3. The Balaban J connectivity index is 1.27. The Hall–Kier alpha value is -1.96. The Bertz CT molecular complexity index is 899. The number of aromatic nitrogens is 1. The van der Waals surface area contributed by atoms with E-state index in [1.54, 1.807) is 22.7 Å². The number of carbonyl (C=O) groups excluding carboxylic acids is 1. The maximum absolute atomic E-state index is 12.9. The third-order valence-electron chi connectivity index (χ3n) is 5.07. The molecule has 0 unspecified atom stereocenters. The number of benzene rings is 1. The summed E-state index contributed by atoms with van der Waals surface area (Å²) in [6.45, 7) is 5.12. The minimum absolute atomic E-state index is 0.188. The second-order valence-electron chi connectivity index (χ2n) is 6.73. The molecule has 2 aliphatic heterocycles. The summed E-state index contributed by atoms with van der Waals surface area (Å²) in [7, 11) is 0. The van der Waals surface area contributed by atoms with Gasteiger partial charge in [-0.15, -0.1) is 11.3 Å². The highest BCUT2D eigenvalue weighted by Crippen LogP contribution is 2.30. The topological polar surface area (TPSA) is 48.5 Å². The molecule has 0 spiro atoms. The Morgan fingerprint density at radius 1 is 1.12 bits per heavy atom. The predicted octanol–water partition coefficient (Wildman–Crippen LogP) is 2.97. The first-order valence-corrected chi connectivity index (χ1v) is 10.6. The van der Waals surface area contributed by atoms with Gasteiger partial charge in [0.05, 0.1) is 15.1 Å². The van der Waals surface area contributed by atoms with Gasteiger partial charge in [-0.1, -0.05) is 23.5 Å². The van der Waals surface area contributed by atoms with E-state index in [0.717, 1.165) is 61.2 Å². The van der Waals surface area contributed by atoms with Gasteiger partial charge in [0.2, 0.25) is 0 Å². The number of thiophene rings is 1. The van der Waals surface area contributed by atoms with E-state index in [1.807, 2.05) is 11.0 Å². The number of fused-ring (bicyclic) bond motifs is 2. The Morgan fingerprint density at radius 3 is 2.77 bits per heavy atom. The van der Waals surface area contributed by atoms with Crippen molar-refractivity contribution < 1.29 is 4.79 Å². The number of rotatable bonds is 2. The lowest BCUT2D eigenvalue weighted by atomic mass is 10.1.